The van der Waals surface area contributed by atoms with Gasteiger partial charge in [0.15, 0.2) is 0 Å². The third kappa shape index (κ3) is 11.5. The molecule has 4 aromatic rings. The average Bonchev–Trinajstić information content (AvgIpc) is 3.45. The van der Waals surface area contributed by atoms with E-state index in [4.69, 9.17) is 9.47 Å². The lowest BCUT2D eigenvalue weighted by molar-refractivity contribution is -0.274. The van der Waals surface area contributed by atoms with Crippen molar-refractivity contribution >= 4 is 29.4 Å². The highest BCUT2D eigenvalue weighted by Crippen LogP contribution is 2.27. The molecular formula is C31H34F3N5O4S. The summed E-state index contributed by atoms with van der Waals surface area (Å²) in [5, 5.41) is 5.62. The number of rotatable bonds is 12. The van der Waals surface area contributed by atoms with Gasteiger partial charge in [0.1, 0.15) is 11.5 Å². The van der Waals surface area contributed by atoms with Gasteiger partial charge in [-0.3, -0.25) is 9.69 Å². The van der Waals surface area contributed by atoms with Crippen molar-refractivity contribution in [2.45, 2.75) is 26.3 Å². The second-order valence-electron chi connectivity index (χ2n) is 9.68. The van der Waals surface area contributed by atoms with Crippen LogP contribution in [0.15, 0.2) is 72.9 Å². The number of morpholine rings is 1. The van der Waals surface area contributed by atoms with Gasteiger partial charge in [-0.1, -0.05) is 18.2 Å². The molecule has 13 heteroatoms. The molecule has 1 fully saturated rings. The minimum absolute atomic E-state index is 0.165. The van der Waals surface area contributed by atoms with E-state index >= 15 is 0 Å². The highest BCUT2D eigenvalue weighted by molar-refractivity contribution is 7.15. The standard InChI is InChI=1S/C22H26N4O2S.C9H8F3NO2/c1-17-6-7-21(29-17)20-8-9-23-22(25-20)24-18-4-2-5-19(16-18)28-13-3-10-26-11-14-27-15-12-26;10-9(11,12)15-8-3-1-2-7(4-8)5-13-6-14/h2,4-9,16H,3,10-15H2,1H3,(H,23,24,25);1-4,6H,5H2,(H,13,14). The van der Waals surface area contributed by atoms with E-state index in [1.165, 1.54) is 23.1 Å². The number of hydrogen-bond donors (Lipinski definition) is 2. The highest BCUT2D eigenvalue weighted by atomic mass is 32.1. The van der Waals surface area contributed by atoms with Crippen molar-refractivity contribution in [1.29, 1.82) is 0 Å². The number of amides is 1. The van der Waals surface area contributed by atoms with Gasteiger partial charge in [-0.15, -0.1) is 24.5 Å². The number of nitrogens with zero attached hydrogens (tertiary/aromatic N) is 3. The van der Waals surface area contributed by atoms with Crippen LogP contribution in [0.4, 0.5) is 24.8 Å². The molecule has 9 nitrogen and oxygen atoms in total. The first kappa shape index (κ1) is 32.7. The Morgan fingerprint density at radius 1 is 1.05 bits per heavy atom. The molecule has 44 heavy (non-hydrogen) atoms. The van der Waals surface area contributed by atoms with Crippen LogP contribution in [0.2, 0.25) is 0 Å². The van der Waals surface area contributed by atoms with Crippen molar-refractivity contribution < 1.29 is 32.2 Å². The van der Waals surface area contributed by atoms with E-state index in [0.717, 1.165) is 61.3 Å². The molecule has 0 saturated carbocycles. The Hall–Kier alpha value is -4.20. The zero-order chi connectivity index (χ0) is 31.2. The maximum absolute atomic E-state index is 11.8. The lowest BCUT2D eigenvalue weighted by Gasteiger charge is -2.26. The molecule has 1 aliphatic rings. The highest BCUT2D eigenvalue weighted by Gasteiger charge is 2.31. The topological polar surface area (TPSA) is 97.8 Å². The van der Waals surface area contributed by atoms with Crippen molar-refractivity contribution in [2.75, 3.05) is 44.8 Å². The predicted molar refractivity (Wildman–Crippen MR) is 163 cm³/mol. The summed E-state index contributed by atoms with van der Waals surface area (Å²) in [6.45, 7) is 7.72. The molecule has 0 radical (unpaired) electrons. The first-order valence-electron chi connectivity index (χ1n) is 14.0. The van der Waals surface area contributed by atoms with Crippen LogP contribution in [0.5, 0.6) is 11.5 Å². The molecule has 0 bridgehead atoms. The molecule has 2 N–H and O–H groups in total. The number of nitrogens with one attached hydrogen (secondary N) is 2. The fourth-order valence-electron chi connectivity index (χ4n) is 4.24. The molecule has 5 rings (SSSR count). The monoisotopic (exact) mass is 629 g/mol. The van der Waals surface area contributed by atoms with Crippen molar-refractivity contribution in [2.24, 2.45) is 0 Å². The van der Waals surface area contributed by atoms with Crippen LogP contribution in [0, 0.1) is 6.92 Å². The number of carbonyl (C=O) groups is 1. The number of anilines is 2. The number of aromatic nitrogens is 2. The van der Waals surface area contributed by atoms with Crippen LogP contribution in [-0.4, -0.2) is 67.1 Å². The Morgan fingerprint density at radius 3 is 2.59 bits per heavy atom. The summed E-state index contributed by atoms with van der Waals surface area (Å²) in [5.41, 5.74) is 2.37. The number of ether oxygens (including phenoxy) is 3. The molecule has 0 atom stereocenters. The molecule has 3 heterocycles. The third-order valence-electron chi connectivity index (χ3n) is 6.25. The summed E-state index contributed by atoms with van der Waals surface area (Å²) in [6.07, 6.45) is -1.44. The van der Waals surface area contributed by atoms with Gasteiger partial charge in [0.05, 0.1) is 30.4 Å². The molecule has 0 spiro atoms. The maximum Gasteiger partial charge on any atom is 0.573 e. The largest absolute Gasteiger partial charge is 0.573 e. The Bertz CT molecular complexity index is 1460. The van der Waals surface area contributed by atoms with Crippen LogP contribution in [-0.2, 0) is 16.1 Å². The van der Waals surface area contributed by atoms with Gasteiger partial charge >= 0.3 is 6.36 Å². The Balaban J connectivity index is 0.000000249. The summed E-state index contributed by atoms with van der Waals surface area (Å²) in [7, 11) is 0. The van der Waals surface area contributed by atoms with Crippen LogP contribution < -0.4 is 20.1 Å². The van der Waals surface area contributed by atoms with Crippen molar-refractivity contribution in [1.82, 2.24) is 20.2 Å². The predicted octanol–water partition coefficient (Wildman–Crippen LogP) is 6.19. The molecule has 2 aromatic heterocycles. The molecule has 2 aromatic carbocycles. The quantitative estimate of drug-likeness (QED) is 0.142. The molecule has 1 saturated heterocycles. The average molecular weight is 630 g/mol. The molecule has 1 amide bonds. The van der Waals surface area contributed by atoms with Crippen LogP contribution in [0.25, 0.3) is 10.6 Å². The normalized spacial score (nSPS) is 13.4. The van der Waals surface area contributed by atoms with E-state index in [0.29, 0.717) is 24.5 Å². The number of benzene rings is 2. The van der Waals surface area contributed by atoms with Gasteiger partial charge in [0.2, 0.25) is 12.4 Å². The minimum Gasteiger partial charge on any atom is -0.493 e. The van der Waals surface area contributed by atoms with Gasteiger partial charge in [0, 0.05) is 49.0 Å². The molecular weight excluding hydrogens is 595 g/mol. The molecule has 234 valence electrons. The number of thiophene rings is 1. The maximum atomic E-state index is 11.8. The van der Waals surface area contributed by atoms with Crippen molar-refractivity contribution in [3.63, 3.8) is 0 Å². The van der Waals surface area contributed by atoms with Gasteiger partial charge in [0.25, 0.3) is 0 Å². The van der Waals surface area contributed by atoms with E-state index in [1.807, 2.05) is 30.3 Å². The number of halogens is 3. The van der Waals surface area contributed by atoms with Gasteiger partial charge in [-0.25, -0.2) is 9.97 Å². The summed E-state index contributed by atoms with van der Waals surface area (Å²) in [4.78, 5) is 23.8. The Kier molecular flexibility index (Phi) is 12.3. The SMILES string of the molecule is Cc1ccc(-c2ccnc(Nc3cccc(OCCCN4CCOCC4)c3)n2)s1.O=CNCc1cccc(OC(F)(F)F)c1. The summed E-state index contributed by atoms with van der Waals surface area (Å²) in [5.74, 6) is 1.13. The first-order valence-corrected chi connectivity index (χ1v) is 14.8. The second kappa shape index (κ2) is 16.6. The van der Waals surface area contributed by atoms with Crippen LogP contribution in [0.1, 0.15) is 16.9 Å². The molecule has 1 aliphatic heterocycles. The van der Waals surface area contributed by atoms with Crippen LogP contribution >= 0.6 is 11.3 Å². The van der Waals surface area contributed by atoms with E-state index in [9.17, 15) is 18.0 Å². The number of aryl methyl sites for hydroxylation is 1. The van der Waals surface area contributed by atoms with E-state index in [1.54, 1.807) is 23.6 Å². The molecule has 0 aliphatic carbocycles. The second-order valence-corrected chi connectivity index (χ2v) is 11.0. The zero-order valence-electron chi connectivity index (χ0n) is 24.2. The minimum atomic E-state index is -4.70. The van der Waals surface area contributed by atoms with E-state index < -0.39 is 6.36 Å². The molecule has 0 unspecified atom stereocenters. The lowest BCUT2D eigenvalue weighted by atomic mass is 10.2. The van der Waals surface area contributed by atoms with Gasteiger partial charge in [-0.05, 0) is 61.4 Å². The van der Waals surface area contributed by atoms with E-state index in [2.05, 4.69) is 49.3 Å². The first-order chi connectivity index (χ1) is 21.3. The van der Waals surface area contributed by atoms with Crippen molar-refractivity contribution in [3.05, 3.63) is 83.4 Å². The zero-order valence-corrected chi connectivity index (χ0v) is 25.0. The Labute approximate surface area is 258 Å². The fraction of sp³-hybridized carbons (Fsp3) is 0.323. The van der Waals surface area contributed by atoms with E-state index in [-0.39, 0.29) is 12.3 Å². The smallest absolute Gasteiger partial charge is 0.493 e. The van der Waals surface area contributed by atoms with Crippen molar-refractivity contribution in [3.8, 4) is 22.1 Å². The van der Waals surface area contributed by atoms with Gasteiger partial charge in [-0.2, -0.15) is 0 Å². The lowest BCUT2D eigenvalue weighted by Crippen LogP contribution is -2.37. The third-order valence-corrected chi connectivity index (χ3v) is 7.27. The number of hydrogen-bond acceptors (Lipinski definition) is 9. The number of alkyl halides is 3. The van der Waals surface area contributed by atoms with Gasteiger partial charge < -0.3 is 24.8 Å². The Morgan fingerprint density at radius 2 is 1.84 bits per heavy atom. The summed E-state index contributed by atoms with van der Waals surface area (Å²) >= 11 is 1.73. The summed E-state index contributed by atoms with van der Waals surface area (Å²) < 4.78 is 50.5. The fourth-order valence-corrected chi connectivity index (χ4v) is 5.07. The number of carbonyl (C=O) groups excluding carboxylic acids is 1. The summed E-state index contributed by atoms with van der Waals surface area (Å²) in [6, 6.07) is 19.5. The van der Waals surface area contributed by atoms with Crippen LogP contribution in [0.3, 0.4) is 0 Å².